The topological polar surface area (TPSA) is 77.3 Å². The van der Waals surface area contributed by atoms with Crippen molar-refractivity contribution >= 4 is 11.5 Å². The minimum atomic E-state index is -0.427. The summed E-state index contributed by atoms with van der Waals surface area (Å²) < 4.78 is 5.68. The molecule has 0 saturated heterocycles. The van der Waals surface area contributed by atoms with Crippen LogP contribution in [0.1, 0.15) is 46.5 Å². The van der Waals surface area contributed by atoms with Crippen LogP contribution in [0.25, 0.3) is 0 Å². The molecule has 1 aromatic heterocycles. The quantitative estimate of drug-likeness (QED) is 0.521. The van der Waals surface area contributed by atoms with Crippen LogP contribution >= 0.6 is 0 Å². The van der Waals surface area contributed by atoms with Crippen molar-refractivity contribution in [3.63, 3.8) is 0 Å². The second-order valence-corrected chi connectivity index (χ2v) is 5.06. The molecule has 1 aromatic rings. The standard InChI is InChI=1S/C15H25N3O3/c1-4-7-8-12(5-2)11-21-15-10-13(18(19)20)9-14(17-15)16-6-3/h9-10,12H,4-8,11H2,1-3H3,(H,16,17). The second kappa shape index (κ2) is 9.15. The fourth-order valence-corrected chi connectivity index (χ4v) is 2.04. The molecule has 6 nitrogen and oxygen atoms in total. The van der Waals surface area contributed by atoms with Crippen molar-refractivity contribution in [3.8, 4) is 5.88 Å². The molecule has 0 spiro atoms. The molecule has 1 rings (SSSR count). The van der Waals surface area contributed by atoms with E-state index in [0.717, 1.165) is 19.3 Å². The third kappa shape index (κ3) is 5.97. The van der Waals surface area contributed by atoms with E-state index in [1.54, 1.807) is 0 Å². The number of rotatable bonds is 10. The fourth-order valence-electron chi connectivity index (χ4n) is 2.04. The molecule has 0 bridgehead atoms. The van der Waals surface area contributed by atoms with Gasteiger partial charge in [0.1, 0.15) is 5.82 Å². The molecule has 0 aliphatic heterocycles. The average molecular weight is 295 g/mol. The monoisotopic (exact) mass is 295 g/mol. The molecule has 1 unspecified atom stereocenters. The van der Waals surface area contributed by atoms with Crippen LogP contribution in [0.2, 0.25) is 0 Å². The minimum Gasteiger partial charge on any atom is -0.477 e. The predicted molar refractivity (Wildman–Crippen MR) is 83.9 cm³/mol. The molecule has 6 heteroatoms. The Morgan fingerprint density at radius 3 is 2.71 bits per heavy atom. The Morgan fingerprint density at radius 2 is 2.14 bits per heavy atom. The fraction of sp³-hybridized carbons (Fsp3) is 0.667. The number of aromatic nitrogens is 1. The normalized spacial score (nSPS) is 12.0. The summed E-state index contributed by atoms with van der Waals surface area (Å²) in [4.78, 5) is 14.8. The molecule has 0 aliphatic carbocycles. The van der Waals surface area contributed by atoms with Crippen molar-refractivity contribution < 1.29 is 9.66 Å². The third-order valence-corrected chi connectivity index (χ3v) is 3.37. The van der Waals surface area contributed by atoms with E-state index in [1.165, 1.54) is 18.6 Å². The Morgan fingerprint density at radius 1 is 1.38 bits per heavy atom. The molecule has 21 heavy (non-hydrogen) atoms. The SMILES string of the molecule is CCCCC(CC)COc1cc([N+](=O)[O-])cc(NCC)n1. The molecule has 0 radical (unpaired) electrons. The van der Waals surface area contributed by atoms with Crippen LogP contribution in [-0.4, -0.2) is 23.1 Å². The zero-order valence-electron chi connectivity index (χ0n) is 13.1. The number of nitro groups is 1. The van der Waals surface area contributed by atoms with E-state index in [2.05, 4.69) is 24.1 Å². The highest BCUT2D eigenvalue weighted by Gasteiger charge is 2.13. The molecule has 0 aliphatic rings. The maximum absolute atomic E-state index is 10.9. The van der Waals surface area contributed by atoms with Gasteiger partial charge in [-0.05, 0) is 19.3 Å². The van der Waals surface area contributed by atoms with Crippen LogP contribution in [0.3, 0.4) is 0 Å². The van der Waals surface area contributed by atoms with Gasteiger partial charge in [-0.15, -0.1) is 0 Å². The van der Waals surface area contributed by atoms with Crippen molar-refractivity contribution in [2.24, 2.45) is 5.92 Å². The van der Waals surface area contributed by atoms with E-state index in [0.29, 0.717) is 30.8 Å². The van der Waals surface area contributed by atoms with E-state index in [4.69, 9.17) is 4.74 Å². The Hall–Kier alpha value is -1.85. The summed E-state index contributed by atoms with van der Waals surface area (Å²) in [6.45, 7) is 7.42. The maximum Gasteiger partial charge on any atom is 0.278 e. The van der Waals surface area contributed by atoms with Crippen LogP contribution in [0, 0.1) is 16.0 Å². The average Bonchev–Trinajstić information content (AvgIpc) is 2.47. The number of pyridine rings is 1. The summed E-state index contributed by atoms with van der Waals surface area (Å²) in [5.74, 6) is 1.26. The molecule has 1 N–H and O–H groups in total. The largest absolute Gasteiger partial charge is 0.477 e. The van der Waals surface area contributed by atoms with Crippen LogP contribution in [0.4, 0.5) is 11.5 Å². The van der Waals surface area contributed by atoms with Gasteiger partial charge in [0, 0.05) is 6.54 Å². The van der Waals surface area contributed by atoms with Crippen LogP contribution in [-0.2, 0) is 0 Å². The van der Waals surface area contributed by atoms with Gasteiger partial charge < -0.3 is 10.1 Å². The predicted octanol–water partition coefficient (Wildman–Crippen LogP) is 4.02. The van der Waals surface area contributed by atoms with Gasteiger partial charge in [0.05, 0.1) is 23.7 Å². The van der Waals surface area contributed by atoms with Crippen LogP contribution in [0.15, 0.2) is 12.1 Å². The molecule has 0 aromatic carbocycles. The number of anilines is 1. The number of hydrogen-bond donors (Lipinski definition) is 1. The molecule has 0 fully saturated rings. The lowest BCUT2D eigenvalue weighted by atomic mass is 10.0. The number of unbranched alkanes of at least 4 members (excludes halogenated alkanes) is 1. The first kappa shape index (κ1) is 17.2. The number of hydrogen-bond acceptors (Lipinski definition) is 5. The van der Waals surface area contributed by atoms with Gasteiger partial charge in [-0.1, -0.05) is 33.1 Å². The Bertz CT molecular complexity index is 452. The summed E-state index contributed by atoms with van der Waals surface area (Å²) in [6.07, 6.45) is 4.49. The Labute approximate surface area is 126 Å². The second-order valence-electron chi connectivity index (χ2n) is 5.06. The summed E-state index contributed by atoms with van der Waals surface area (Å²) in [7, 11) is 0. The molecule has 0 amide bonds. The van der Waals surface area contributed by atoms with Gasteiger partial charge in [-0.25, -0.2) is 0 Å². The zero-order valence-corrected chi connectivity index (χ0v) is 13.1. The lowest BCUT2D eigenvalue weighted by Gasteiger charge is -2.15. The Balaban J connectivity index is 2.74. The van der Waals surface area contributed by atoms with Crippen molar-refractivity contribution in [3.05, 3.63) is 22.2 Å². The first-order valence-corrected chi connectivity index (χ1v) is 7.63. The van der Waals surface area contributed by atoms with E-state index in [1.807, 2.05) is 6.92 Å². The van der Waals surface area contributed by atoms with E-state index in [-0.39, 0.29) is 5.69 Å². The Kier molecular flexibility index (Phi) is 7.50. The summed E-state index contributed by atoms with van der Waals surface area (Å²) in [5.41, 5.74) is -0.00226. The van der Waals surface area contributed by atoms with Crippen molar-refractivity contribution in [1.29, 1.82) is 0 Å². The highest BCUT2D eigenvalue weighted by Crippen LogP contribution is 2.23. The minimum absolute atomic E-state index is 0.00226. The molecule has 1 atom stereocenters. The van der Waals surface area contributed by atoms with Crippen molar-refractivity contribution in [2.45, 2.75) is 46.5 Å². The zero-order chi connectivity index (χ0) is 15.7. The van der Waals surface area contributed by atoms with Gasteiger partial charge in [0.15, 0.2) is 0 Å². The highest BCUT2D eigenvalue weighted by atomic mass is 16.6. The summed E-state index contributed by atoms with van der Waals surface area (Å²) in [5, 5.41) is 13.9. The lowest BCUT2D eigenvalue weighted by molar-refractivity contribution is -0.384. The van der Waals surface area contributed by atoms with Gasteiger partial charge >= 0.3 is 0 Å². The van der Waals surface area contributed by atoms with E-state index >= 15 is 0 Å². The van der Waals surface area contributed by atoms with Gasteiger partial charge in [-0.3, -0.25) is 10.1 Å². The molecule has 1 heterocycles. The molecular weight excluding hydrogens is 270 g/mol. The third-order valence-electron chi connectivity index (χ3n) is 3.37. The maximum atomic E-state index is 10.9. The van der Waals surface area contributed by atoms with E-state index < -0.39 is 4.92 Å². The van der Waals surface area contributed by atoms with Crippen LogP contribution < -0.4 is 10.1 Å². The first-order chi connectivity index (χ1) is 10.1. The highest BCUT2D eigenvalue weighted by molar-refractivity contribution is 5.48. The first-order valence-electron chi connectivity index (χ1n) is 7.63. The number of nitrogens with zero attached hydrogens (tertiary/aromatic N) is 2. The lowest BCUT2D eigenvalue weighted by Crippen LogP contribution is -2.12. The van der Waals surface area contributed by atoms with Crippen molar-refractivity contribution in [1.82, 2.24) is 4.98 Å². The van der Waals surface area contributed by atoms with Gasteiger partial charge in [-0.2, -0.15) is 4.98 Å². The smallest absolute Gasteiger partial charge is 0.278 e. The molecule has 118 valence electrons. The van der Waals surface area contributed by atoms with Crippen LogP contribution in [0.5, 0.6) is 5.88 Å². The molecular formula is C15H25N3O3. The summed E-state index contributed by atoms with van der Waals surface area (Å²) >= 11 is 0. The number of nitrogens with one attached hydrogen (secondary N) is 1. The van der Waals surface area contributed by atoms with Gasteiger partial charge in [0.2, 0.25) is 5.88 Å². The van der Waals surface area contributed by atoms with Crippen molar-refractivity contribution in [2.75, 3.05) is 18.5 Å². The molecule has 0 saturated carbocycles. The summed E-state index contributed by atoms with van der Waals surface area (Å²) in [6, 6.07) is 2.80. The van der Waals surface area contributed by atoms with E-state index in [9.17, 15) is 10.1 Å². The van der Waals surface area contributed by atoms with Gasteiger partial charge in [0.25, 0.3) is 5.69 Å². The number of ether oxygens (including phenoxy) is 1.